The molecule has 3 fully saturated rings. The first-order chi connectivity index (χ1) is 17.6. The Hall–Kier alpha value is -3.38. The van der Waals surface area contributed by atoms with E-state index in [-0.39, 0.29) is 71.8 Å². The van der Waals surface area contributed by atoms with Gasteiger partial charge in [0.25, 0.3) is 5.69 Å². The molecular weight excluding hydrogens is 503 g/mol. The van der Waals surface area contributed by atoms with Crippen LogP contribution >= 0.6 is 0 Å². The lowest BCUT2D eigenvalue weighted by Crippen LogP contribution is -2.48. The van der Waals surface area contributed by atoms with Crippen molar-refractivity contribution in [3.05, 3.63) is 58.4 Å². The first-order valence-electron chi connectivity index (χ1n) is 12.2. The van der Waals surface area contributed by atoms with E-state index in [0.29, 0.717) is 18.8 Å². The zero-order valence-electron chi connectivity index (χ0n) is 20.2. The third-order valence-corrected chi connectivity index (χ3v) is 9.55. The van der Waals surface area contributed by atoms with Crippen molar-refractivity contribution >= 4 is 38.9 Å². The van der Waals surface area contributed by atoms with Crippen molar-refractivity contribution < 1.29 is 27.3 Å². The average Bonchev–Trinajstić information content (AvgIpc) is 3.13. The number of nitro groups is 1. The predicted octanol–water partition coefficient (Wildman–Crippen LogP) is 3.17. The number of nitro benzene ring substituents is 1. The number of imide groups is 1. The van der Waals surface area contributed by atoms with Gasteiger partial charge in [-0.05, 0) is 61.6 Å². The molecule has 0 aromatic heterocycles. The van der Waals surface area contributed by atoms with Crippen molar-refractivity contribution in [2.75, 3.05) is 36.0 Å². The number of anilines is 2. The zero-order valence-corrected chi connectivity index (χ0v) is 21.1. The topological polar surface area (TPSA) is 121 Å². The number of rotatable bonds is 5. The summed E-state index contributed by atoms with van der Waals surface area (Å²) in [4.78, 5) is 40.3. The molecule has 0 radical (unpaired) electrons. The molecule has 3 atom stereocenters. The Bertz CT molecular complexity index is 1360. The lowest BCUT2D eigenvalue weighted by Gasteiger charge is -2.35. The Morgan fingerprint density at radius 3 is 2.24 bits per heavy atom. The Kier molecular flexibility index (Phi) is 6.48. The number of hydrogen-bond donors (Lipinski definition) is 0. The van der Waals surface area contributed by atoms with E-state index in [4.69, 9.17) is 0 Å². The van der Waals surface area contributed by atoms with Crippen LogP contribution in [0.2, 0.25) is 0 Å². The summed E-state index contributed by atoms with van der Waals surface area (Å²) in [5, 5.41) is 12.0. The molecule has 2 aliphatic heterocycles. The summed E-state index contributed by atoms with van der Waals surface area (Å²) >= 11 is 0. The summed E-state index contributed by atoms with van der Waals surface area (Å²) in [5.41, 5.74) is 0.221. The van der Waals surface area contributed by atoms with Gasteiger partial charge in [0.05, 0.1) is 27.3 Å². The standard InChI is InChI=1S/C25H27FN4O6S/c1-16-2-8-20-21(14-16)25(32)29(24(20)31)18-5-9-22(23(15-18)30(33)34)27-10-12-28(13-11-27)37(35,36)19-6-3-17(26)4-7-19/h3-7,9,15-16,20-21H,2,8,10-14H2,1H3. The number of sulfonamides is 1. The molecule has 1 saturated carbocycles. The van der Waals surface area contributed by atoms with Gasteiger partial charge in [-0.15, -0.1) is 0 Å². The quantitative estimate of drug-likeness (QED) is 0.331. The fraction of sp³-hybridized carbons (Fsp3) is 0.440. The molecular formula is C25H27FN4O6S. The minimum atomic E-state index is -3.83. The SMILES string of the molecule is CC1CCC2C(=O)N(c3ccc(N4CCN(S(=O)(=O)c5ccc(F)cc5)CC4)c([N+](=O)[O-])c3)C(=O)C2C1. The molecule has 2 amide bonds. The molecule has 3 unspecified atom stereocenters. The lowest BCUT2D eigenvalue weighted by molar-refractivity contribution is -0.384. The molecule has 0 spiro atoms. The summed E-state index contributed by atoms with van der Waals surface area (Å²) in [6.45, 7) is 2.63. The highest BCUT2D eigenvalue weighted by Gasteiger charge is 2.50. The van der Waals surface area contributed by atoms with E-state index in [1.807, 2.05) is 0 Å². The second kappa shape index (κ2) is 9.49. The van der Waals surface area contributed by atoms with Crippen molar-refractivity contribution in [2.45, 2.75) is 31.1 Å². The van der Waals surface area contributed by atoms with Crippen LogP contribution in [0.1, 0.15) is 26.2 Å². The zero-order chi connectivity index (χ0) is 26.5. The van der Waals surface area contributed by atoms with E-state index < -0.39 is 20.8 Å². The van der Waals surface area contributed by atoms with Crippen LogP contribution in [0, 0.1) is 33.7 Å². The Morgan fingerprint density at radius 1 is 0.946 bits per heavy atom. The van der Waals surface area contributed by atoms with Gasteiger partial charge < -0.3 is 4.90 Å². The van der Waals surface area contributed by atoms with Crippen LogP contribution in [-0.2, 0) is 19.6 Å². The third-order valence-electron chi connectivity index (χ3n) is 7.63. The Morgan fingerprint density at radius 2 is 1.59 bits per heavy atom. The van der Waals surface area contributed by atoms with Crippen molar-refractivity contribution in [3.63, 3.8) is 0 Å². The number of nitrogens with zero attached hydrogens (tertiary/aromatic N) is 4. The highest BCUT2D eigenvalue weighted by Crippen LogP contribution is 2.43. The van der Waals surface area contributed by atoms with Crippen LogP contribution in [-0.4, -0.2) is 55.6 Å². The number of halogens is 1. The maximum absolute atomic E-state index is 13.2. The van der Waals surface area contributed by atoms with Gasteiger partial charge in [-0.2, -0.15) is 4.31 Å². The average molecular weight is 531 g/mol. The van der Waals surface area contributed by atoms with Crippen molar-refractivity contribution in [3.8, 4) is 0 Å². The minimum absolute atomic E-state index is 0.0207. The van der Waals surface area contributed by atoms with Gasteiger partial charge in [-0.3, -0.25) is 19.7 Å². The largest absolute Gasteiger partial charge is 0.363 e. The van der Waals surface area contributed by atoms with E-state index in [1.165, 1.54) is 28.6 Å². The van der Waals surface area contributed by atoms with Crippen molar-refractivity contribution in [2.24, 2.45) is 17.8 Å². The number of piperazine rings is 1. The van der Waals surface area contributed by atoms with Crippen LogP contribution in [0.4, 0.5) is 21.5 Å². The predicted molar refractivity (Wildman–Crippen MR) is 133 cm³/mol. The number of hydrogen-bond acceptors (Lipinski definition) is 7. The van der Waals surface area contributed by atoms with Crippen molar-refractivity contribution in [1.29, 1.82) is 0 Å². The second-order valence-electron chi connectivity index (χ2n) is 9.92. The molecule has 10 nitrogen and oxygen atoms in total. The Balaban J connectivity index is 1.35. The van der Waals surface area contributed by atoms with Gasteiger partial charge in [-0.1, -0.05) is 6.92 Å². The number of fused-ring (bicyclic) bond motifs is 1. The van der Waals surface area contributed by atoms with Gasteiger partial charge >= 0.3 is 0 Å². The highest BCUT2D eigenvalue weighted by molar-refractivity contribution is 7.89. The molecule has 2 saturated heterocycles. The van der Waals surface area contributed by atoms with E-state index in [9.17, 15) is 32.5 Å². The van der Waals surface area contributed by atoms with Crippen LogP contribution in [0.15, 0.2) is 47.4 Å². The maximum atomic E-state index is 13.2. The van der Waals surface area contributed by atoms with E-state index >= 15 is 0 Å². The molecule has 3 aliphatic rings. The summed E-state index contributed by atoms with van der Waals surface area (Å²) < 4.78 is 40.3. The summed E-state index contributed by atoms with van der Waals surface area (Å²) in [6, 6.07) is 8.90. The molecule has 196 valence electrons. The van der Waals surface area contributed by atoms with E-state index in [0.717, 1.165) is 23.5 Å². The molecule has 1 aliphatic carbocycles. The molecule has 12 heteroatoms. The maximum Gasteiger partial charge on any atom is 0.294 e. The van der Waals surface area contributed by atoms with Crippen molar-refractivity contribution in [1.82, 2.24) is 4.31 Å². The van der Waals surface area contributed by atoms with Crippen LogP contribution < -0.4 is 9.80 Å². The molecule has 0 bridgehead atoms. The van der Waals surface area contributed by atoms with Gasteiger partial charge in [-0.25, -0.2) is 17.7 Å². The minimum Gasteiger partial charge on any atom is -0.363 e. The summed E-state index contributed by atoms with van der Waals surface area (Å²) in [6.07, 6.45) is 2.14. The summed E-state index contributed by atoms with van der Waals surface area (Å²) in [5.74, 6) is -1.55. The molecule has 2 aromatic rings. The monoisotopic (exact) mass is 530 g/mol. The molecule has 5 rings (SSSR count). The molecule has 2 heterocycles. The normalized spacial score (nSPS) is 24.9. The van der Waals surface area contributed by atoms with E-state index in [2.05, 4.69) is 6.92 Å². The van der Waals surface area contributed by atoms with Gasteiger partial charge in [0.2, 0.25) is 21.8 Å². The van der Waals surface area contributed by atoms with Gasteiger partial charge in [0.15, 0.2) is 0 Å². The third kappa shape index (κ3) is 4.48. The first-order valence-corrected chi connectivity index (χ1v) is 13.7. The fourth-order valence-corrected chi connectivity index (χ4v) is 7.06. The number of amides is 2. The number of benzene rings is 2. The molecule has 0 N–H and O–H groups in total. The summed E-state index contributed by atoms with van der Waals surface area (Å²) in [7, 11) is -3.83. The number of carbonyl (C=O) groups is 2. The first kappa shape index (κ1) is 25.3. The van der Waals surface area contributed by atoms with Crippen LogP contribution in [0.5, 0.6) is 0 Å². The molecule has 2 aromatic carbocycles. The highest BCUT2D eigenvalue weighted by atomic mass is 32.2. The fourth-order valence-electron chi connectivity index (χ4n) is 5.63. The van der Waals surface area contributed by atoms with Crippen LogP contribution in [0.25, 0.3) is 0 Å². The number of carbonyl (C=O) groups excluding carboxylic acids is 2. The smallest absolute Gasteiger partial charge is 0.294 e. The Labute approximate surface area is 213 Å². The molecule has 37 heavy (non-hydrogen) atoms. The van der Waals surface area contributed by atoms with Gasteiger partial charge in [0.1, 0.15) is 11.5 Å². The second-order valence-corrected chi connectivity index (χ2v) is 11.9. The lowest BCUT2D eigenvalue weighted by atomic mass is 9.76. The van der Waals surface area contributed by atoms with Gasteiger partial charge in [0, 0.05) is 32.2 Å². The van der Waals surface area contributed by atoms with Crippen LogP contribution in [0.3, 0.4) is 0 Å². The van der Waals surface area contributed by atoms with E-state index in [1.54, 1.807) is 11.0 Å².